The monoisotopic (exact) mass is 554 g/mol. The highest BCUT2D eigenvalue weighted by Gasteiger charge is 2.14. The molecule has 8 heteroatoms. The zero-order chi connectivity index (χ0) is 23.2. The molecule has 0 saturated carbocycles. The fourth-order valence-corrected chi connectivity index (χ4v) is 3.82. The molecule has 0 radical (unpaired) electrons. The molecule has 0 aliphatic rings. The second-order valence-corrected chi connectivity index (χ2v) is 8.52. The molecule has 0 aromatic heterocycles. The Labute approximate surface area is 205 Å². The summed E-state index contributed by atoms with van der Waals surface area (Å²) in [5.74, 6) is 0.0705. The first-order valence-corrected chi connectivity index (χ1v) is 11.3. The number of halogens is 1. The summed E-state index contributed by atoms with van der Waals surface area (Å²) in [5, 5.41) is 22.5. The molecule has 2 N–H and O–H groups in total. The van der Waals surface area contributed by atoms with Crippen molar-refractivity contribution in [2.75, 3.05) is 18.9 Å². The van der Waals surface area contributed by atoms with Gasteiger partial charge in [-0.05, 0) is 89.5 Å². The van der Waals surface area contributed by atoms with Gasteiger partial charge in [-0.1, -0.05) is 29.8 Å². The van der Waals surface area contributed by atoms with Gasteiger partial charge in [0.25, 0.3) is 0 Å². The Morgan fingerprint density at radius 1 is 0.939 bits per heavy atom. The van der Waals surface area contributed by atoms with E-state index in [0.717, 1.165) is 37.0 Å². The molecule has 0 aliphatic heterocycles. The number of nitrogens with zero attached hydrogens (tertiary/aromatic N) is 3. The topological polar surface area (TPSA) is 78.7 Å². The van der Waals surface area contributed by atoms with Crippen LogP contribution in [0.25, 0.3) is 10.8 Å². The normalized spacial score (nSPS) is 11.4. The van der Waals surface area contributed by atoms with Gasteiger partial charge in [0.05, 0.1) is 24.2 Å². The highest BCUT2D eigenvalue weighted by molar-refractivity contribution is 14.1. The average molecular weight is 554 g/mol. The number of rotatable bonds is 8. The highest BCUT2D eigenvalue weighted by atomic mass is 127. The molecule has 0 bridgehead atoms. The number of azo groups is 1. The van der Waals surface area contributed by atoms with Gasteiger partial charge in [0, 0.05) is 8.96 Å². The maximum Gasteiger partial charge on any atom is 0.147 e. The van der Waals surface area contributed by atoms with Gasteiger partial charge in [-0.2, -0.15) is 10.6 Å². The van der Waals surface area contributed by atoms with Crippen LogP contribution in [0, 0.1) is 10.5 Å². The number of fused-ring (bicyclic) bond motifs is 1. The zero-order valence-electron chi connectivity index (χ0n) is 18.2. The first kappa shape index (κ1) is 23.1. The number of aromatic hydroxyl groups is 1. The molecule has 33 heavy (non-hydrogen) atoms. The van der Waals surface area contributed by atoms with Crippen molar-refractivity contribution in [3.8, 4) is 5.75 Å². The molecule has 0 atom stereocenters. The summed E-state index contributed by atoms with van der Waals surface area (Å²) in [4.78, 5) is 10.8. The van der Waals surface area contributed by atoms with Crippen molar-refractivity contribution >= 4 is 56.1 Å². The second kappa shape index (κ2) is 10.7. The third-order valence-corrected chi connectivity index (χ3v) is 5.60. The predicted octanol–water partition coefficient (Wildman–Crippen LogP) is 7.05. The van der Waals surface area contributed by atoms with Crippen LogP contribution in [0.15, 0.2) is 89.1 Å². The maximum atomic E-state index is 10.4. The summed E-state index contributed by atoms with van der Waals surface area (Å²) < 4.78 is 1.09. The fourth-order valence-electron chi connectivity index (χ4n) is 3.29. The molecule has 0 amide bonds. The Kier molecular flexibility index (Phi) is 7.50. The third kappa shape index (κ3) is 5.66. The van der Waals surface area contributed by atoms with E-state index in [4.69, 9.17) is 9.68 Å². The van der Waals surface area contributed by atoms with Gasteiger partial charge >= 0.3 is 0 Å². The number of phenolic OH excluding ortho intramolecular Hbond substituents is 1. The Morgan fingerprint density at radius 3 is 2.48 bits per heavy atom. The summed E-state index contributed by atoms with van der Waals surface area (Å²) in [6, 6.07) is 25.0. The van der Waals surface area contributed by atoms with Crippen molar-refractivity contribution in [3.63, 3.8) is 0 Å². The van der Waals surface area contributed by atoms with Crippen LogP contribution in [0.4, 0.5) is 22.7 Å². The standard InChI is InChI=1S/C25H23IN4O3/c1-17-6-9-20(10-7-17)28-29-25-23-12-11-22(14-18(23)8-13-24(25)31)30(33-16-27-32-2)21-5-3-4-19(26)15-21/h3-15,27,31H,16H2,1-2H3. The van der Waals surface area contributed by atoms with Crippen LogP contribution >= 0.6 is 22.6 Å². The van der Waals surface area contributed by atoms with Crippen LogP contribution in [0.5, 0.6) is 5.75 Å². The number of nitrogens with one attached hydrogen (secondary N) is 1. The van der Waals surface area contributed by atoms with Crippen LogP contribution in [-0.2, 0) is 9.68 Å². The molecule has 0 fully saturated rings. The van der Waals surface area contributed by atoms with Crippen molar-refractivity contribution in [2.24, 2.45) is 10.2 Å². The van der Waals surface area contributed by atoms with Gasteiger partial charge < -0.3 is 9.94 Å². The van der Waals surface area contributed by atoms with E-state index in [2.05, 4.69) is 38.3 Å². The minimum atomic E-state index is 0.0705. The van der Waals surface area contributed by atoms with E-state index < -0.39 is 0 Å². The lowest BCUT2D eigenvalue weighted by Crippen LogP contribution is -2.25. The van der Waals surface area contributed by atoms with Gasteiger partial charge in [-0.3, -0.25) is 4.84 Å². The lowest BCUT2D eigenvalue weighted by molar-refractivity contribution is -0.00710. The Hall–Kier alpha value is -3.05. The van der Waals surface area contributed by atoms with E-state index in [0.29, 0.717) is 5.69 Å². The lowest BCUT2D eigenvalue weighted by Gasteiger charge is -2.24. The smallest absolute Gasteiger partial charge is 0.147 e. The summed E-state index contributed by atoms with van der Waals surface area (Å²) >= 11 is 2.27. The Morgan fingerprint density at radius 2 is 1.73 bits per heavy atom. The quantitative estimate of drug-likeness (QED) is 0.0803. The van der Waals surface area contributed by atoms with Crippen LogP contribution < -0.4 is 10.5 Å². The SMILES string of the molecule is CONCON(c1cccc(I)c1)c1ccc2c(N=Nc3ccc(C)cc3)c(O)ccc2c1. The number of hydrogen-bond acceptors (Lipinski definition) is 7. The summed E-state index contributed by atoms with van der Waals surface area (Å²) in [7, 11) is 1.54. The molecule has 0 unspecified atom stereocenters. The summed E-state index contributed by atoms with van der Waals surface area (Å²) in [6.45, 7) is 2.18. The van der Waals surface area contributed by atoms with E-state index >= 15 is 0 Å². The Balaban J connectivity index is 1.71. The van der Waals surface area contributed by atoms with E-state index in [1.807, 2.05) is 79.7 Å². The van der Waals surface area contributed by atoms with Crippen molar-refractivity contribution in [1.82, 2.24) is 5.48 Å². The lowest BCUT2D eigenvalue weighted by atomic mass is 10.1. The van der Waals surface area contributed by atoms with Crippen LogP contribution in [0.1, 0.15) is 5.56 Å². The van der Waals surface area contributed by atoms with Gasteiger partial charge in [0.1, 0.15) is 18.2 Å². The molecule has 0 aliphatic carbocycles. The summed E-state index contributed by atoms with van der Waals surface area (Å²) in [5.41, 5.74) is 6.67. The number of hydrogen-bond donors (Lipinski definition) is 2. The van der Waals surface area contributed by atoms with Crippen molar-refractivity contribution < 1.29 is 14.8 Å². The molecule has 168 valence electrons. The van der Waals surface area contributed by atoms with E-state index in [1.54, 1.807) is 11.1 Å². The second-order valence-electron chi connectivity index (χ2n) is 7.27. The summed E-state index contributed by atoms with van der Waals surface area (Å²) in [6.07, 6.45) is 0. The highest BCUT2D eigenvalue weighted by Crippen LogP contribution is 2.38. The Bertz CT molecular complexity index is 1280. The van der Waals surface area contributed by atoms with E-state index in [-0.39, 0.29) is 12.5 Å². The third-order valence-electron chi connectivity index (χ3n) is 4.93. The number of aryl methyl sites for hydroxylation is 1. The largest absolute Gasteiger partial charge is 0.506 e. The van der Waals surface area contributed by atoms with Gasteiger partial charge in [0.15, 0.2) is 0 Å². The predicted molar refractivity (Wildman–Crippen MR) is 138 cm³/mol. The number of benzene rings is 4. The maximum absolute atomic E-state index is 10.4. The first-order chi connectivity index (χ1) is 16.0. The van der Waals surface area contributed by atoms with Crippen LogP contribution in [0.2, 0.25) is 0 Å². The molecule has 4 rings (SSSR count). The first-order valence-electron chi connectivity index (χ1n) is 10.2. The fraction of sp³-hybridized carbons (Fsp3) is 0.120. The van der Waals surface area contributed by atoms with E-state index in [9.17, 15) is 5.11 Å². The molecular weight excluding hydrogens is 531 g/mol. The molecule has 7 nitrogen and oxygen atoms in total. The molecule has 0 spiro atoms. The van der Waals surface area contributed by atoms with E-state index in [1.165, 1.54) is 7.11 Å². The van der Waals surface area contributed by atoms with Crippen LogP contribution in [-0.4, -0.2) is 18.9 Å². The zero-order valence-corrected chi connectivity index (χ0v) is 20.4. The van der Waals surface area contributed by atoms with Gasteiger partial charge in [-0.25, -0.2) is 5.06 Å². The number of anilines is 2. The number of phenols is 1. The number of hydroxylamine groups is 1. The van der Waals surface area contributed by atoms with Crippen LogP contribution in [0.3, 0.4) is 0 Å². The van der Waals surface area contributed by atoms with Gasteiger partial charge in [0.2, 0.25) is 0 Å². The average Bonchev–Trinajstić information content (AvgIpc) is 2.82. The molecule has 4 aromatic carbocycles. The minimum Gasteiger partial charge on any atom is -0.506 e. The minimum absolute atomic E-state index is 0.0705. The molecule has 0 saturated heterocycles. The van der Waals surface area contributed by atoms with Crippen molar-refractivity contribution in [3.05, 3.63) is 88.0 Å². The molecular formula is C25H23IN4O3. The van der Waals surface area contributed by atoms with Crippen molar-refractivity contribution in [1.29, 1.82) is 0 Å². The van der Waals surface area contributed by atoms with Crippen molar-refractivity contribution in [2.45, 2.75) is 6.92 Å². The molecule has 4 aromatic rings. The van der Waals surface area contributed by atoms with Gasteiger partial charge in [-0.15, -0.1) is 5.11 Å². The molecule has 0 heterocycles.